The Labute approximate surface area is 251 Å². The first-order chi connectivity index (χ1) is 21.1. The average Bonchev–Trinajstić information content (AvgIpc) is 3.39. The highest BCUT2D eigenvalue weighted by Gasteiger charge is 2.42. The van der Waals surface area contributed by atoms with Gasteiger partial charge >= 0.3 is 0 Å². The molecular weight excluding hydrogens is 536 g/mol. The van der Waals surface area contributed by atoms with E-state index in [0.717, 1.165) is 51.8 Å². The van der Waals surface area contributed by atoms with Crippen molar-refractivity contribution < 1.29 is 9.47 Å². The van der Waals surface area contributed by atoms with E-state index in [2.05, 4.69) is 53.5 Å². The van der Waals surface area contributed by atoms with Crippen LogP contribution in [0.2, 0.25) is 0 Å². The van der Waals surface area contributed by atoms with Crippen molar-refractivity contribution >= 4 is 34.6 Å². The zero-order valence-corrected chi connectivity index (χ0v) is 24.6. The molecule has 1 aromatic heterocycles. The third kappa shape index (κ3) is 4.43. The second-order valence-corrected chi connectivity index (χ2v) is 10.5. The predicted molar refractivity (Wildman–Crippen MR) is 172 cm³/mol. The van der Waals surface area contributed by atoms with Crippen molar-refractivity contribution in [3.8, 4) is 17.2 Å². The van der Waals surface area contributed by atoms with Gasteiger partial charge in [0, 0.05) is 16.8 Å². The molecule has 0 fully saturated rings. The number of rotatable bonds is 6. The Morgan fingerprint density at radius 1 is 0.814 bits per heavy atom. The first-order valence-corrected chi connectivity index (χ1v) is 14.4. The van der Waals surface area contributed by atoms with Gasteiger partial charge in [-0.05, 0) is 61.4 Å². The maximum absolute atomic E-state index is 6.01. The molecule has 214 valence electrons. The molecule has 0 spiro atoms. The van der Waals surface area contributed by atoms with Crippen molar-refractivity contribution in [2.45, 2.75) is 26.3 Å². The summed E-state index contributed by atoms with van der Waals surface area (Å²) in [4.78, 5) is 12.7. The third-order valence-electron chi connectivity index (χ3n) is 7.99. The molecule has 0 aliphatic carbocycles. The van der Waals surface area contributed by atoms with Crippen LogP contribution in [0.4, 0.5) is 22.9 Å². The van der Waals surface area contributed by atoms with Crippen LogP contribution >= 0.6 is 0 Å². The fraction of sp³-hybridized carbons (Fsp3) is 0.171. The van der Waals surface area contributed by atoms with Crippen LogP contribution in [0.15, 0.2) is 107 Å². The molecule has 1 atom stereocenters. The Kier molecular flexibility index (Phi) is 6.66. The lowest BCUT2D eigenvalue weighted by Gasteiger charge is -2.41. The van der Waals surface area contributed by atoms with Gasteiger partial charge in [-0.3, -0.25) is 0 Å². The largest absolute Gasteiger partial charge is 0.493 e. The number of aryl methyl sites for hydroxylation is 2. The number of anilines is 2. The molecule has 2 aliphatic rings. The van der Waals surface area contributed by atoms with Gasteiger partial charge < -0.3 is 19.7 Å². The van der Waals surface area contributed by atoms with Crippen molar-refractivity contribution in [2.75, 3.05) is 24.4 Å². The monoisotopic (exact) mass is 568 g/mol. The Balaban J connectivity index is 1.50. The summed E-state index contributed by atoms with van der Waals surface area (Å²) >= 11 is 0. The SMILES string of the molecule is CCc1ccc(NC2=Nc3ccccc3N3C2=Nc2c(c(C)nn2-c2ccccc2)C3c2cccc(OC)c2OC)cc1. The number of hydrogen-bond acceptors (Lipinski definition) is 7. The van der Waals surface area contributed by atoms with Crippen molar-refractivity contribution in [2.24, 2.45) is 9.98 Å². The van der Waals surface area contributed by atoms with E-state index in [9.17, 15) is 0 Å². The molecule has 1 unspecified atom stereocenters. The molecule has 0 amide bonds. The molecule has 4 aromatic carbocycles. The van der Waals surface area contributed by atoms with E-state index in [-0.39, 0.29) is 6.04 Å². The van der Waals surface area contributed by atoms with Crippen LogP contribution in [0.1, 0.15) is 35.3 Å². The smallest absolute Gasteiger partial charge is 0.179 e. The number of fused-ring (bicyclic) bond motifs is 4. The van der Waals surface area contributed by atoms with Gasteiger partial charge in [0.2, 0.25) is 0 Å². The van der Waals surface area contributed by atoms with Crippen molar-refractivity contribution in [1.29, 1.82) is 0 Å². The second-order valence-electron chi connectivity index (χ2n) is 10.5. The number of nitrogens with zero attached hydrogens (tertiary/aromatic N) is 5. The van der Waals surface area contributed by atoms with Crippen LogP contribution in [-0.4, -0.2) is 35.7 Å². The average molecular weight is 569 g/mol. The molecule has 0 saturated heterocycles. The molecule has 8 heteroatoms. The lowest BCUT2D eigenvalue weighted by atomic mass is 9.92. The number of benzene rings is 4. The Hall–Kier alpha value is -5.37. The van der Waals surface area contributed by atoms with Crippen LogP contribution in [0.25, 0.3) is 5.69 Å². The molecular formula is C35H32N6O2. The summed E-state index contributed by atoms with van der Waals surface area (Å²) in [6, 6.07) is 32.4. The number of ether oxygens (including phenoxy) is 2. The fourth-order valence-corrected chi connectivity index (χ4v) is 5.93. The zero-order valence-electron chi connectivity index (χ0n) is 24.6. The summed E-state index contributed by atoms with van der Waals surface area (Å²) in [5.74, 6) is 3.42. The normalized spacial score (nSPS) is 15.1. The summed E-state index contributed by atoms with van der Waals surface area (Å²) in [6.45, 7) is 4.19. The molecule has 2 aliphatic heterocycles. The number of methoxy groups -OCH3 is 2. The molecule has 7 rings (SSSR count). The molecule has 1 N–H and O–H groups in total. The van der Waals surface area contributed by atoms with Crippen LogP contribution in [0.3, 0.4) is 0 Å². The first kappa shape index (κ1) is 26.5. The molecule has 0 saturated carbocycles. The number of amidine groups is 2. The van der Waals surface area contributed by atoms with E-state index < -0.39 is 0 Å². The number of nitrogens with one attached hydrogen (secondary N) is 1. The highest BCUT2D eigenvalue weighted by molar-refractivity contribution is 6.51. The Morgan fingerprint density at radius 2 is 1.58 bits per heavy atom. The summed E-state index contributed by atoms with van der Waals surface area (Å²) in [5, 5.41) is 8.61. The van der Waals surface area contributed by atoms with E-state index in [0.29, 0.717) is 23.2 Å². The van der Waals surface area contributed by atoms with Gasteiger partial charge in [-0.15, -0.1) is 0 Å². The summed E-state index contributed by atoms with van der Waals surface area (Å²) in [5.41, 5.74) is 7.73. The maximum atomic E-state index is 6.01. The minimum atomic E-state index is -0.332. The molecule has 43 heavy (non-hydrogen) atoms. The van der Waals surface area contributed by atoms with E-state index in [4.69, 9.17) is 24.6 Å². The maximum Gasteiger partial charge on any atom is 0.179 e. The van der Waals surface area contributed by atoms with E-state index in [1.807, 2.05) is 72.3 Å². The highest BCUT2D eigenvalue weighted by atomic mass is 16.5. The number of aliphatic imine (C=N–C) groups is 2. The number of para-hydroxylation sites is 4. The molecule has 0 bridgehead atoms. The van der Waals surface area contributed by atoms with Crippen molar-refractivity contribution in [1.82, 2.24) is 9.78 Å². The molecule has 5 aromatic rings. The zero-order chi connectivity index (χ0) is 29.5. The minimum Gasteiger partial charge on any atom is -0.493 e. The lowest BCUT2D eigenvalue weighted by molar-refractivity contribution is 0.350. The summed E-state index contributed by atoms with van der Waals surface area (Å²) in [7, 11) is 3.34. The molecule has 3 heterocycles. The van der Waals surface area contributed by atoms with Gasteiger partial charge in [-0.2, -0.15) is 5.10 Å². The van der Waals surface area contributed by atoms with Gasteiger partial charge in [-0.1, -0.05) is 61.5 Å². The standard InChI is InChI=1S/C35H32N6O2/c1-5-23-18-20-24(21-19-23)36-33-35-38-34-30(22(2)39-41(34)25-12-7-6-8-13-25)31(26-14-11-17-29(42-3)32(26)43-4)40(35)28-16-10-9-15-27(28)37-33/h6-21,31H,5H2,1-4H3,(H,36,37). The Morgan fingerprint density at radius 3 is 2.33 bits per heavy atom. The van der Waals surface area contributed by atoms with E-state index in [1.165, 1.54) is 5.56 Å². The predicted octanol–water partition coefficient (Wildman–Crippen LogP) is 7.56. The van der Waals surface area contributed by atoms with Crippen LogP contribution in [0, 0.1) is 6.92 Å². The third-order valence-corrected chi connectivity index (χ3v) is 7.99. The van der Waals surface area contributed by atoms with Gasteiger partial charge in [-0.25, -0.2) is 14.7 Å². The summed E-state index contributed by atoms with van der Waals surface area (Å²) in [6.07, 6.45) is 0.977. The van der Waals surface area contributed by atoms with Crippen LogP contribution in [-0.2, 0) is 6.42 Å². The topological polar surface area (TPSA) is 76.3 Å². The van der Waals surface area contributed by atoms with Gasteiger partial charge in [0.05, 0.1) is 43.0 Å². The van der Waals surface area contributed by atoms with E-state index in [1.54, 1.807) is 14.2 Å². The molecule has 8 nitrogen and oxygen atoms in total. The van der Waals surface area contributed by atoms with Gasteiger partial charge in [0.25, 0.3) is 0 Å². The first-order valence-electron chi connectivity index (χ1n) is 14.4. The van der Waals surface area contributed by atoms with Gasteiger partial charge in [0.1, 0.15) is 0 Å². The minimum absolute atomic E-state index is 0.332. The second kappa shape index (κ2) is 10.8. The summed E-state index contributed by atoms with van der Waals surface area (Å²) < 4.78 is 13.7. The van der Waals surface area contributed by atoms with Crippen molar-refractivity contribution in [3.05, 3.63) is 119 Å². The Bertz CT molecular complexity index is 1870. The lowest BCUT2D eigenvalue weighted by Crippen LogP contribution is -2.46. The van der Waals surface area contributed by atoms with Gasteiger partial charge in [0.15, 0.2) is 29.0 Å². The van der Waals surface area contributed by atoms with Crippen molar-refractivity contribution in [3.63, 3.8) is 0 Å². The fourth-order valence-electron chi connectivity index (χ4n) is 5.93. The van der Waals surface area contributed by atoms with Crippen LogP contribution < -0.4 is 19.7 Å². The number of aromatic nitrogens is 2. The number of hydrogen-bond donors (Lipinski definition) is 1. The van der Waals surface area contributed by atoms with E-state index >= 15 is 0 Å². The highest BCUT2D eigenvalue weighted by Crippen LogP contribution is 2.51. The van der Waals surface area contributed by atoms with Crippen LogP contribution in [0.5, 0.6) is 11.5 Å². The molecule has 0 radical (unpaired) electrons. The quantitative estimate of drug-likeness (QED) is 0.229.